The van der Waals surface area contributed by atoms with E-state index in [1.54, 1.807) is 0 Å². The number of aryl methyl sites for hydroxylation is 1. The van der Waals surface area contributed by atoms with Crippen molar-refractivity contribution in [2.75, 3.05) is 18.5 Å². The molecule has 1 aliphatic rings. The van der Waals surface area contributed by atoms with Crippen LogP contribution in [-0.4, -0.2) is 25.2 Å². The van der Waals surface area contributed by atoms with Crippen LogP contribution in [0.3, 0.4) is 0 Å². The molecule has 1 unspecified atom stereocenters. The van der Waals surface area contributed by atoms with Gasteiger partial charge in [0.2, 0.25) is 0 Å². The molecule has 1 heterocycles. The van der Waals surface area contributed by atoms with Gasteiger partial charge in [-0.15, -0.1) is 0 Å². The summed E-state index contributed by atoms with van der Waals surface area (Å²) >= 11 is 0. The number of amides is 1. The maximum atomic E-state index is 12.1. The average molecular weight is 272 g/mol. The third-order valence-corrected chi connectivity index (χ3v) is 3.30. The average Bonchev–Trinajstić information content (AvgIpc) is 3.00. The molecule has 0 aromatic heterocycles. The minimum absolute atomic E-state index is 0.0574. The summed E-state index contributed by atoms with van der Waals surface area (Å²) in [6, 6.07) is 5.78. The molecule has 2 rings (SSSR count). The van der Waals surface area contributed by atoms with Crippen LogP contribution < -0.4 is 11.1 Å². The van der Waals surface area contributed by atoms with Crippen molar-refractivity contribution in [3.8, 4) is 11.8 Å². The third-order valence-electron chi connectivity index (χ3n) is 3.30. The largest absolute Gasteiger partial charge is 0.368 e. The number of hydrogen-bond acceptors (Lipinski definition) is 3. The Labute approximate surface area is 119 Å². The van der Waals surface area contributed by atoms with Crippen LogP contribution in [0.5, 0.6) is 0 Å². The molecule has 0 saturated carbocycles. The van der Waals surface area contributed by atoms with Crippen molar-refractivity contribution in [1.29, 1.82) is 0 Å². The molecule has 1 aromatic rings. The normalized spacial score (nSPS) is 17.4. The van der Waals surface area contributed by atoms with Crippen LogP contribution in [-0.2, 0) is 16.0 Å². The van der Waals surface area contributed by atoms with Crippen molar-refractivity contribution in [1.82, 2.24) is 0 Å². The van der Waals surface area contributed by atoms with Gasteiger partial charge in [-0.1, -0.05) is 18.8 Å². The van der Waals surface area contributed by atoms with E-state index in [-0.39, 0.29) is 12.0 Å². The topological polar surface area (TPSA) is 64.3 Å². The Morgan fingerprint density at radius 1 is 1.55 bits per heavy atom. The highest BCUT2D eigenvalue weighted by atomic mass is 16.5. The van der Waals surface area contributed by atoms with Gasteiger partial charge in [-0.2, -0.15) is 0 Å². The van der Waals surface area contributed by atoms with Gasteiger partial charge < -0.3 is 15.8 Å². The van der Waals surface area contributed by atoms with E-state index in [9.17, 15) is 4.79 Å². The summed E-state index contributed by atoms with van der Waals surface area (Å²) in [6.45, 7) is 3.07. The lowest BCUT2D eigenvalue weighted by atomic mass is 10.1. The number of rotatable bonds is 3. The quantitative estimate of drug-likeness (QED) is 0.823. The zero-order valence-electron chi connectivity index (χ0n) is 11.7. The van der Waals surface area contributed by atoms with Crippen LogP contribution in [0.15, 0.2) is 18.2 Å². The number of carbonyl (C=O) groups is 1. The molecular formula is C16H20N2O2. The molecule has 1 fully saturated rings. The summed E-state index contributed by atoms with van der Waals surface area (Å²) in [4.78, 5) is 12.1. The fourth-order valence-corrected chi connectivity index (χ4v) is 2.24. The second-order valence-electron chi connectivity index (χ2n) is 4.72. The Bertz CT molecular complexity index is 537. The van der Waals surface area contributed by atoms with E-state index < -0.39 is 0 Å². The predicted molar refractivity (Wildman–Crippen MR) is 79.4 cm³/mol. The molecule has 0 aliphatic carbocycles. The van der Waals surface area contributed by atoms with Crippen LogP contribution in [0.2, 0.25) is 0 Å². The molecule has 1 saturated heterocycles. The van der Waals surface area contributed by atoms with E-state index in [1.807, 2.05) is 18.2 Å². The highest BCUT2D eigenvalue weighted by Crippen LogP contribution is 2.20. The van der Waals surface area contributed by atoms with Crippen molar-refractivity contribution in [3.05, 3.63) is 29.3 Å². The molecule has 0 radical (unpaired) electrons. The van der Waals surface area contributed by atoms with Gasteiger partial charge in [-0.25, -0.2) is 0 Å². The molecular weight excluding hydrogens is 252 g/mol. The first kappa shape index (κ1) is 14.6. The van der Waals surface area contributed by atoms with E-state index >= 15 is 0 Å². The summed E-state index contributed by atoms with van der Waals surface area (Å²) in [5.74, 6) is 5.78. The number of hydrogen-bond donors (Lipinski definition) is 2. The van der Waals surface area contributed by atoms with Crippen LogP contribution in [0.25, 0.3) is 0 Å². The van der Waals surface area contributed by atoms with Gasteiger partial charge in [0.15, 0.2) is 0 Å². The van der Waals surface area contributed by atoms with Gasteiger partial charge in [0.1, 0.15) is 6.10 Å². The first-order valence-electron chi connectivity index (χ1n) is 6.99. The maximum absolute atomic E-state index is 12.1. The van der Waals surface area contributed by atoms with Gasteiger partial charge in [0, 0.05) is 17.9 Å². The number of benzene rings is 1. The van der Waals surface area contributed by atoms with Crippen molar-refractivity contribution in [2.24, 2.45) is 5.73 Å². The number of ether oxygens (including phenoxy) is 1. The second-order valence-corrected chi connectivity index (χ2v) is 4.72. The van der Waals surface area contributed by atoms with Crippen LogP contribution in [0.4, 0.5) is 5.69 Å². The molecule has 1 atom stereocenters. The van der Waals surface area contributed by atoms with E-state index in [0.717, 1.165) is 36.1 Å². The van der Waals surface area contributed by atoms with Gasteiger partial charge in [-0.3, -0.25) is 4.79 Å². The van der Waals surface area contributed by atoms with Crippen molar-refractivity contribution >= 4 is 11.6 Å². The van der Waals surface area contributed by atoms with Gasteiger partial charge >= 0.3 is 0 Å². The number of nitrogens with two attached hydrogens (primary N) is 1. The third kappa shape index (κ3) is 3.60. The van der Waals surface area contributed by atoms with E-state index in [1.165, 1.54) is 0 Å². The SMILES string of the molecule is CCc1cc(C#CCN)ccc1NC(=O)C1CCCO1. The molecule has 106 valence electrons. The molecule has 4 heteroatoms. The second kappa shape index (κ2) is 7.09. The fraction of sp³-hybridized carbons (Fsp3) is 0.438. The molecule has 4 nitrogen and oxygen atoms in total. The smallest absolute Gasteiger partial charge is 0.253 e. The Balaban J connectivity index is 2.12. The zero-order chi connectivity index (χ0) is 14.4. The fourth-order valence-electron chi connectivity index (χ4n) is 2.24. The summed E-state index contributed by atoms with van der Waals surface area (Å²) in [7, 11) is 0. The van der Waals surface area contributed by atoms with Crippen molar-refractivity contribution in [2.45, 2.75) is 32.3 Å². The van der Waals surface area contributed by atoms with Crippen molar-refractivity contribution < 1.29 is 9.53 Å². The molecule has 3 N–H and O–H groups in total. The Morgan fingerprint density at radius 2 is 2.40 bits per heavy atom. The van der Waals surface area contributed by atoms with Crippen LogP contribution in [0.1, 0.15) is 30.9 Å². The van der Waals surface area contributed by atoms with Gasteiger partial charge in [-0.05, 0) is 43.0 Å². The van der Waals surface area contributed by atoms with Gasteiger partial charge in [0.25, 0.3) is 5.91 Å². The summed E-state index contributed by atoms with van der Waals surface area (Å²) < 4.78 is 5.39. The molecule has 20 heavy (non-hydrogen) atoms. The minimum atomic E-state index is -0.309. The molecule has 1 amide bonds. The lowest BCUT2D eigenvalue weighted by molar-refractivity contribution is -0.124. The Morgan fingerprint density at radius 3 is 3.05 bits per heavy atom. The highest BCUT2D eigenvalue weighted by Gasteiger charge is 2.23. The minimum Gasteiger partial charge on any atom is -0.368 e. The van der Waals surface area contributed by atoms with Crippen LogP contribution in [0, 0.1) is 11.8 Å². The number of nitrogens with one attached hydrogen (secondary N) is 1. The molecule has 0 bridgehead atoms. The monoisotopic (exact) mass is 272 g/mol. The van der Waals surface area contributed by atoms with Crippen LogP contribution >= 0.6 is 0 Å². The predicted octanol–water partition coefficient (Wildman–Crippen LogP) is 1.68. The molecule has 0 spiro atoms. The lowest BCUT2D eigenvalue weighted by Gasteiger charge is -2.13. The first-order valence-corrected chi connectivity index (χ1v) is 6.99. The van der Waals surface area contributed by atoms with Crippen molar-refractivity contribution in [3.63, 3.8) is 0 Å². The molecule has 1 aliphatic heterocycles. The number of carbonyl (C=O) groups excluding carboxylic acids is 1. The molecule has 1 aromatic carbocycles. The standard InChI is InChI=1S/C16H20N2O2/c1-2-13-11-12(5-3-9-17)7-8-14(13)18-16(19)15-6-4-10-20-15/h7-8,11,15H,2,4,6,9-10,17H2,1H3,(H,18,19). The highest BCUT2D eigenvalue weighted by molar-refractivity contribution is 5.95. The summed E-state index contributed by atoms with van der Waals surface area (Å²) in [5.41, 5.74) is 8.20. The van der Waals surface area contributed by atoms with E-state index in [0.29, 0.717) is 13.2 Å². The number of anilines is 1. The van der Waals surface area contributed by atoms with E-state index in [2.05, 4.69) is 24.1 Å². The zero-order valence-corrected chi connectivity index (χ0v) is 11.7. The Hall–Kier alpha value is -1.83. The maximum Gasteiger partial charge on any atom is 0.253 e. The van der Waals surface area contributed by atoms with E-state index in [4.69, 9.17) is 10.5 Å². The lowest BCUT2D eigenvalue weighted by Crippen LogP contribution is -2.27. The summed E-state index contributed by atoms with van der Waals surface area (Å²) in [6.07, 6.45) is 2.27. The Kier molecular flexibility index (Phi) is 5.16. The van der Waals surface area contributed by atoms with Gasteiger partial charge in [0.05, 0.1) is 6.54 Å². The first-order chi connectivity index (χ1) is 9.74. The summed E-state index contributed by atoms with van der Waals surface area (Å²) in [5, 5.41) is 2.95.